The summed E-state index contributed by atoms with van der Waals surface area (Å²) >= 11 is 0. The molecule has 0 spiro atoms. The van der Waals surface area contributed by atoms with E-state index in [2.05, 4.69) is 5.32 Å². The summed E-state index contributed by atoms with van der Waals surface area (Å²) in [5, 5.41) is 3.11. The van der Waals surface area contributed by atoms with Gasteiger partial charge in [-0.3, -0.25) is 0 Å². The fourth-order valence-corrected chi connectivity index (χ4v) is 1.67. The van der Waals surface area contributed by atoms with Gasteiger partial charge in [-0.1, -0.05) is 0 Å². The molecule has 2 heteroatoms. The first-order valence-corrected chi connectivity index (χ1v) is 4.11. The van der Waals surface area contributed by atoms with Gasteiger partial charge in [-0.25, -0.2) is 4.39 Å². The Morgan fingerprint density at radius 3 is 2.20 bits per heavy atom. The van der Waals surface area contributed by atoms with E-state index in [1.165, 1.54) is 0 Å². The topological polar surface area (TPSA) is 12.0 Å². The first kappa shape index (κ1) is 6.59. The van der Waals surface area contributed by atoms with E-state index in [-0.39, 0.29) is 0 Å². The maximum Gasteiger partial charge on any atom is 0.116 e. The fourth-order valence-electron chi connectivity index (χ4n) is 1.67. The van der Waals surface area contributed by atoms with E-state index in [1.54, 1.807) is 6.92 Å². The van der Waals surface area contributed by atoms with E-state index in [1.807, 2.05) is 0 Å². The summed E-state index contributed by atoms with van der Waals surface area (Å²) in [6.07, 6.45) is 2.23. The summed E-state index contributed by atoms with van der Waals surface area (Å²) in [6, 6.07) is 0. The molecule has 1 saturated carbocycles. The number of alkyl halides is 1. The average Bonchev–Trinajstić information content (AvgIpc) is 2.32. The van der Waals surface area contributed by atoms with Crippen molar-refractivity contribution in [2.75, 3.05) is 13.1 Å². The second-order valence-corrected chi connectivity index (χ2v) is 3.78. The van der Waals surface area contributed by atoms with Gasteiger partial charge in [-0.05, 0) is 25.7 Å². The van der Waals surface area contributed by atoms with Gasteiger partial charge in [-0.15, -0.1) is 0 Å². The molecule has 2 aliphatic rings. The third kappa shape index (κ3) is 0.858. The van der Waals surface area contributed by atoms with Crippen molar-refractivity contribution in [1.82, 2.24) is 5.32 Å². The van der Waals surface area contributed by atoms with Crippen molar-refractivity contribution in [3.8, 4) is 0 Å². The number of nitrogens with one attached hydrogen (secondary N) is 1. The SMILES string of the molecule is CC(F)(C1CC1)C1CNC1. The molecule has 1 saturated heterocycles. The Balaban J connectivity index is 1.97. The van der Waals surface area contributed by atoms with Gasteiger partial charge in [0.25, 0.3) is 0 Å². The van der Waals surface area contributed by atoms with Crippen molar-refractivity contribution < 1.29 is 4.39 Å². The van der Waals surface area contributed by atoms with E-state index in [0.29, 0.717) is 11.8 Å². The van der Waals surface area contributed by atoms with Crippen LogP contribution in [0.15, 0.2) is 0 Å². The van der Waals surface area contributed by atoms with Gasteiger partial charge in [0.2, 0.25) is 0 Å². The minimum Gasteiger partial charge on any atom is -0.316 e. The molecule has 1 aliphatic heterocycles. The molecule has 1 heterocycles. The average molecular weight is 143 g/mol. The molecule has 1 nitrogen and oxygen atoms in total. The van der Waals surface area contributed by atoms with Crippen molar-refractivity contribution in [3.05, 3.63) is 0 Å². The zero-order chi connectivity index (χ0) is 7.19. The third-order valence-corrected chi connectivity index (χ3v) is 2.96. The molecule has 1 N–H and O–H groups in total. The largest absolute Gasteiger partial charge is 0.316 e. The molecule has 1 aliphatic carbocycles. The molecule has 2 rings (SSSR count). The third-order valence-electron chi connectivity index (χ3n) is 2.96. The Morgan fingerprint density at radius 2 is 1.90 bits per heavy atom. The van der Waals surface area contributed by atoms with Crippen LogP contribution in [0.25, 0.3) is 0 Å². The molecule has 0 amide bonds. The van der Waals surface area contributed by atoms with E-state index >= 15 is 0 Å². The van der Waals surface area contributed by atoms with Crippen molar-refractivity contribution in [2.24, 2.45) is 11.8 Å². The Hall–Kier alpha value is -0.110. The van der Waals surface area contributed by atoms with Crippen molar-refractivity contribution >= 4 is 0 Å². The molecular formula is C8H14FN. The zero-order valence-corrected chi connectivity index (χ0v) is 6.36. The molecule has 58 valence electrons. The van der Waals surface area contributed by atoms with Crippen LogP contribution in [0.1, 0.15) is 19.8 Å². The summed E-state index contributed by atoms with van der Waals surface area (Å²) < 4.78 is 13.7. The van der Waals surface area contributed by atoms with Crippen molar-refractivity contribution in [2.45, 2.75) is 25.4 Å². The quantitative estimate of drug-likeness (QED) is 0.615. The summed E-state index contributed by atoms with van der Waals surface area (Å²) in [6.45, 7) is 3.56. The van der Waals surface area contributed by atoms with Gasteiger partial charge in [0.05, 0.1) is 0 Å². The lowest BCUT2D eigenvalue weighted by Gasteiger charge is -2.37. The monoisotopic (exact) mass is 143 g/mol. The van der Waals surface area contributed by atoms with Crippen molar-refractivity contribution in [1.29, 1.82) is 0 Å². The minimum atomic E-state index is -0.856. The number of halogens is 1. The van der Waals surface area contributed by atoms with Crippen LogP contribution in [0, 0.1) is 11.8 Å². The van der Waals surface area contributed by atoms with E-state index in [0.717, 1.165) is 25.9 Å². The fraction of sp³-hybridized carbons (Fsp3) is 1.00. The number of hydrogen-bond donors (Lipinski definition) is 1. The predicted molar refractivity (Wildman–Crippen MR) is 38.6 cm³/mol. The normalized spacial score (nSPS) is 33.0. The number of rotatable bonds is 2. The molecule has 0 radical (unpaired) electrons. The highest BCUT2D eigenvalue weighted by molar-refractivity contribution is 5.00. The van der Waals surface area contributed by atoms with Crippen LogP contribution in [0.3, 0.4) is 0 Å². The maximum absolute atomic E-state index is 13.7. The maximum atomic E-state index is 13.7. The van der Waals surface area contributed by atoms with Gasteiger partial charge >= 0.3 is 0 Å². The highest BCUT2D eigenvalue weighted by atomic mass is 19.1. The van der Waals surface area contributed by atoms with Gasteiger partial charge in [-0.2, -0.15) is 0 Å². The molecular weight excluding hydrogens is 129 g/mol. The van der Waals surface area contributed by atoms with Gasteiger partial charge in [0.1, 0.15) is 5.67 Å². The van der Waals surface area contributed by atoms with Crippen LogP contribution in [-0.2, 0) is 0 Å². The van der Waals surface area contributed by atoms with Crippen LogP contribution < -0.4 is 5.32 Å². The lowest BCUT2D eigenvalue weighted by molar-refractivity contribution is 0.0437. The van der Waals surface area contributed by atoms with Crippen molar-refractivity contribution in [3.63, 3.8) is 0 Å². The Kier molecular flexibility index (Phi) is 1.28. The zero-order valence-electron chi connectivity index (χ0n) is 6.36. The molecule has 0 bridgehead atoms. The second-order valence-electron chi connectivity index (χ2n) is 3.78. The molecule has 10 heavy (non-hydrogen) atoms. The molecule has 1 atom stereocenters. The van der Waals surface area contributed by atoms with Crippen LogP contribution >= 0.6 is 0 Å². The van der Waals surface area contributed by atoms with Crippen LogP contribution in [0.5, 0.6) is 0 Å². The minimum absolute atomic E-state index is 0.306. The summed E-state index contributed by atoms with van der Waals surface area (Å²) in [5.74, 6) is 0.694. The lowest BCUT2D eigenvalue weighted by Crippen LogP contribution is -2.53. The summed E-state index contributed by atoms with van der Waals surface area (Å²) in [4.78, 5) is 0. The molecule has 0 aromatic carbocycles. The molecule has 2 fully saturated rings. The van der Waals surface area contributed by atoms with Gasteiger partial charge < -0.3 is 5.32 Å². The summed E-state index contributed by atoms with van der Waals surface area (Å²) in [5.41, 5.74) is -0.856. The summed E-state index contributed by atoms with van der Waals surface area (Å²) in [7, 11) is 0. The molecule has 0 aromatic heterocycles. The Labute approximate surface area is 61.0 Å². The second kappa shape index (κ2) is 1.94. The smallest absolute Gasteiger partial charge is 0.116 e. The Morgan fingerprint density at radius 1 is 1.30 bits per heavy atom. The van der Waals surface area contributed by atoms with Crippen LogP contribution in [0.4, 0.5) is 4.39 Å². The van der Waals surface area contributed by atoms with Crippen LogP contribution in [0.2, 0.25) is 0 Å². The molecule has 0 aromatic rings. The first-order chi connectivity index (χ1) is 4.71. The van der Waals surface area contributed by atoms with E-state index < -0.39 is 5.67 Å². The first-order valence-electron chi connectivity index (χ1n) is 4.11. The predicted octanol–water partition coefficient (Wildman–Crippen LogP) is 1.34. The van der Waals surface area contributed by atoms with Gasteiger partial charge in [0, 0.05) is 19.0 Å². The van der Waals surface area contributed by atoms with Gasteiger partial charge in [0.15, 0.2) is 0 Å². The highest BCUT2D eigenvalue weighted by Gasteiger charge is 2.49. The molecule has 1 unspecified atom stereocenters. The van der Waals surface area contributed by atoms with E-state index in [9.17, 15) is 4.39 Å². The lowest BCUT2D eigenvalue weighted by atomic mass is 9.82. The number of hydrogen-bond acceptors (Lipinski definition) is 1. The Bertz CT molecular complexity index is 136. The standard InChI is InChI=1S/C8H14FN/c1-8(9,6-2-3-6)7-4-10-5-7/h6-7,10H,2-5H2,1H3. The van der Waals surface area contributed by atoms with E-state index in [4.69, 9.17) is 0 Å². The van der Waals surface area contributed by atoms with Crippen LogP contribution in [-0.4, -0.2) is 18.8 Å². The highest BCUT2D eigenvalue weighted by Crippen LogP contribution is 2.46.